The highest BCUT2D eigenvalue weighted by Crippen LogP contribution is 2.25. The first-order chi connectivity index (χ1) is 13.0. The Morgan fingerprint density at radius 2 is 2.07 bits per heavy atom. The van der Waals surface area contributed by atoms with Crippen molar-refractivity contribution in [3.63, 3.8) is 0 Å². The molecule has 7 nitrogen and oxygen atoms in total. The molecule has 0 aliphatic carbocycles. The molecular formula is C18H14ClN3O4S. The highest BCUT2D eigenvalue weighted by Gasteiger charge is 2.15. The summed E-state index contributed by atoms with van der Waals surface area (Å²) in [4.78, 5) is 23.7. The molecule has 138 valence electrons. The van der Waals surface area contributed by atoms with Crippen molar-refractivity contribution in [2.75, 3.05) is 5.32 Å². The molecule has 0 aromatic carbocycles. The quantitative estimate of drug-likeness (QED) is 0.544. The Kier molecular flexibility index (Phi) is 5.58. The maximum atomic E-state index is 12.4. The third-order valence-corrected chi connectivity index (χ3v) is 4.68. The zero-order valence-electron chi connectivity index (χ0n) is 14.0. The molecule has 0 unspecified atom stereocenters. The molecule has 0 aliphatic rings. The molecule has 0 atom stereocenters. The average molecular weight is 404 g/mol. The van der Waals surface area contributed by atoms with E-state index in [-0.39, 0.29) is 11.7 Å². The fraction of sp³-hybridized carbons (Fsp3) is 0.0556. The number of carbonyl (C=O) groups is 2. The number of aromatic amines is 1. The standard InChI is InChI=1S/C18H14ClN3O4S/c1-2-3-12-11(6-4-10-5-7-13(26-10)18(24)25)16(22-21-12)20-17(23)14-8-9-15(19)27-14/h2-9H,1H3,(H,24,25)(H2,20,21,22,23)/b3-2-,6-4+. The second-order valence-corrected chi connectivity index (χ2v) is 7.01. The Labute approximate surface area is 163 Å². The molecule has 0 radical (unpaired) electrons. The van der Waals surface area contributed by atoms with Crippen molar-refractivity contribution < 1.29 is 19.1 Å². The predicted octanol–water partition coefficient (Wildman–Crippen LogP) is 4.87. The smallest absolute Gasteiger partial charge is 0.371 e. The fourth-order valence-electron chi connectivity index (χ4n) is 2.25. The lowest BCUT2D eigenvalue weighted by Crippen LogP contribution is -2.11. The number of carboxylic acid groups (broad SMARTS) is 1. The van der Waals surface area contributed by atoms with Gasteiger partial charge in [0.15, 0.2) is 5.82 Å². The van der Waals surface area contributed by atoms with Crippen LogP contribution < -0.4 is 5.32 Å². The molecule has 0 saturated carbocycles. The van der Waals surface area contributed by atoms with Crippen LogP contribution in [0, 0.1) is 0 Å². The summed E-state index contributed by atoms with van der Waals surface area (Å²) in [6.45, 7) is 1.85. The Morgan fingerprint density at radius 3 is 2.70 bits per heavy atom. The van der Waals surface area contributed by atoms with Gasteiger partial charge in [-0.15, -0.1) is 11.3 Å². The highest BCUT2D eigenvalue weighted by atomic mass is 35.5. The van der Waals surface area contributed by atoms with Gasteiger partial charge < -0.3 is 14.8 Å². The molecule has 1 amide bonds. The van der Waals surface area contributed by atoms with Crippen LogP contribution in [0.4, 0.5) is 5.82 Å². The minimum atomic E-state index is -1.14. The number of allylic oxidation sites excluding steroid dienone is 1. The van der Waals surface area contributed by atoms with E-state index in [0.29, 0.717) is 32.0 Å². The van der Waals surface area contributed by atoms with Gasteiger partial charge in [-0.3, -0.25) is 9.89 Å². The van der Waals surface area contributed by atoms with Gasteiger partial charge in [0.1, 0.15) is 5.76 Å². The SMILES string of the molecule is C/C=C\c1[nH]nc(NC(=O)c2ccc(Cl)s2)c1/C=C/c1ccc(C(=O)O)o1. The van der Waals surface area contributed by atoms with Crippen LogP contribution in [0.25, 0.3) is 18.2 Å². The molecule has 3 heterocycles. The van der Waals surface area contributed by atoms with Crippen molar-refractivity contribution in [3.05, 3.63) is 62.3 Å². The monoisotopic (exact) mass is 403 g/mol. The van der Waals surface area contributed by atoms with E-state index in [1.165, 1.54) is 17.4 Å². The molecular weight excluding hydrogens is 390 g/mol. The van der Waals surface area contributed by atoms with Crippen molar-refractivity contribution in [2.45, 2.75) is 6.92 Å². The molecule has 0 saturated heterocycles. The number of rotatable bonds is 6. The first kappa shape index (κ1) is 18.7. The van der Waals surface area contributed by atoms with Gasteiger partial charge >= 0.3 is 5.97 Å². The van der Waals surface area contributed by atoms with Gasteiger partial charge in [-0.1, -0.05) is 17.7 Å². The van der Waals surface area contributed by atoms with Gasteiger partial charge in [-0.25, -0.2) is 4.79 Å². The van der Waals surface area contributed by atoms with E-state index in [9.17, 15) is 9.59 Å². The number of thiophene rings is 1. The summed E-state index contributed by atoms with van der Waals surface area (Å²) in [5, 5.41) is 18.6. The molecule has 0 spiro atoms. The van der Waals surface area contributed by atoms with Crippen LogP contribution in [-0.4, -0.2) is 27.2 Å². The number of halogens is 1. The lowest BCUT2D eigenvalue weighted by Gasteiger charge is -2.01. The maximum Gasteiger partial charge on any atom is 0.371 e. The van der Waals surface area contributed by atoms with Crippen molar-refractivity contribution in [1.29, 1.82) is 0 Å². The number of H-pyrrole nitrogens is 1. The molecule has 0 fully saturated rings. The van der Waals surface area contributed by atoms with Crippen LogP contribution in [0.1, 0.15) is 44.2 Å². The van der Waals surface area contributed by atoms with Crippen molar-refractivity contribution in [3.8, 4) is 0 Å². The molecule has 3 aromatic rings. The summed E-state index contributed by atoms with van der Waals surface area (Å²) in [6.07, 6.45) is 6.91. The first-order valence-electron chi connectivity index (χ1n) is 7.77. The average Bonchev–Trinajstić information content (AvgIpc) is 3.34. The molecule has 3 N–H and O–H groups in total. The van der Waals surface area contributed by atoms with Gasteiger partial charge in [0.2, 0.25) is 5.76 Å². The molecule has 0 aliphatic heterocycles. The first-order valence-corrected chi connectivity index (χ1v) is 8.96. The van der Waals surface area contributed by atoms with Gasteiger partial charge in [0.25, 0.3) is 5.91 Å². The molecule has 3 rings (SSSR count). The minimum Gasteiger partial charge on any atom is -0.475 e. The lowest BCUT2D eigenvalue weighted by atomic mass is 10.2. The summed E-state index contributed by atoms with van der Waals surface area (Å²) in [5.41, 5.74) is 1.30. The normalized spacial score (nSPS) is 11.5. The summed E-state index contributed by atoms with van der Waals surface area (Å²) < 4.78 is 5.72. The van der Waals surface area contributed by atoms with Crippen molar-refractivity contribution in [1.82, 2.24) is 10.2 Å². The van der Waals surface area contributed by atoms with Crippen LogP contribution >= 0.6 is 22.9 Å². The third-order valence-electron chi connectivity index (χ3n) is 3.45. The van der Waals surface area contributed by atoms with Crippen LogP contribution in [0.5, 0.6) is 0 Å². The third kappa shape index (κ3) is 4.36. The second-order valence-electron chi connectivity index (χ2n) is 5.30. The number of nitrogens with zero attached hydrogens (tertiary/aromatic N) is 1. The minimum absolute atomic E-state index is 0.154. The van der Waals surface area contributed by atoms with E-state index < -0.39 is 5.97 Å². The number of furan rings is 1. The number of aromatic carboxylic acids is 1. The Morgan fingerprint density at radius 1 is 1.26 bits per heavy atom. The number of carbonyl (C=O) groups excluding carboxylic acids is 1. The van der Waals surface area contributed by atoms with Gasteiger partial charge in [-0.2, -0.15) is 5.10 Å². The van der Waals surface area contributed by atoms with Crippen molar-refractivity contribution in [2.24, 2.45) is 0 Å². The van der Waals surface area contributed by atoms with Gasteiger partial charge in [0.05, 0.1) is 14.9 Å². The second kappa shape index (κ2) is 8.07. The van der Waals surface area contributed by atoms with Crippen LogP contribution in [0.2, 0.25) is 4.34 Å². The molecule has 27 heavy (non-hydrogen) atoms. The maximum absolute atomic E-state index is 12.4. The van der Waals surface area contributed by atoms with Crippen LogP contribution in [-0.2, 0) is 0 Å². The molecule has 0 bridgehead atoms. The Balaban J connectivity index is 1.88. The predicted molar refractivity (Wildman–Crippen MR) is 105 cm³/mol. The largest absolute Gasteiger partial charge is 0.475 e. The fourth-order valence-corrected chi connectivity index (χ4v) is 3.19. The van der Waals surface area contributed by atoms with E-state index in [1.54, 1.807) is 36.4 Å². The number of anilines is 1. The number of aromatic nitrogens is 2. The molecule has 3 aromatic heterocycles. The Bertz CT molecular complexity index is 1040. The van der Waals surface area contributed by atoms with E-state index >= 15 is 0 Å². The number of nitrogens with one attached hydrogen (secondary N) is 2. The van der Waals surface area contributed by atoms with E-state index in [0.717, 1.165) is 0 Å². The van der Waals surface area contributed by atoms with Crippen molar-refractivity contribution >= 4 is 58.9 Å². The number of hydrogen-bond acceptors (Lipinski definition) is 5. The number of amides is 1. The van der Waals surface area contributed by atoms with E-state index in [1.807, 2.05) is 13.0 Å². The summed E-state index contributed by atoms with van der Waals surface area (Å²) in [7, 11) is 0. The zero-order chi connectivity index (χ0) is 19.4. The summed E-state index contributed by atoms with van der Waals surface area (Å²) in [5.74, 6) is -0.929. The van der Waals surface area contributed by atoms with E-state index in [4.69, 9.17) is 21.1 Å². The highest BCUT2D eigenvalue weighted by molar-refractivity contribution is 7.18. The Hall–Kier alpha value is -3.10. The number of hydrogen-bond donors (Lipinski definition) is 3. The van der Waals surface area contributed by atoms with Crippen LogP contribution in [0.3, 0.4) is 0 Å². The zero-order valence-corrected chi connectivity index (χ0v) is 15.6. The van der Waals surface area contributed by atoms with E-state index in [2.05, 4.69) is 15.5 Å². The van der Waals surface area contributed by atoms with Gasteiger partial charge in [0, 0.05) is 5.56 Å². The summed E-state index contributed by atoms with van der Waals surface area (Å²) >= 11 is 7.04. The topological polar surface area (TPSA) is 108 Å². The van der Waals surface area contributed by atoms with Gasteiger partial charge in [-0.05, 0) is 49.4 Å². The summed E-state index contributed by atoms with van der Waals surface area (Å²) in [6, 6.07) is 6.19. The number of carboxylic acids is 1. The van der Waals surface area contributed by atoms with Crippen LogP contribution in [0.15, 0.2) is 34.8 Å². The lowest BCUT2D eigenvalue weighted by molar-refractivity contribution is 0.0661. The molecule has 9 heteroatoms.